The van der Waals surface area contributed by atoms with E-state index in [1.165, 1.54) is 24.0 Å². The first-order chi connectivity index (χ1) is 9.31. The van der Waals surface area contributed by atoms with Gasteiger partial charge in [-0.3, -0.25) is 0 Å². The summed E-state index contributed by atoms with van der Waals surface area (Å²) in [6, 6.07) is 2.45. The van der Waals surface area contributed by atoms with Gasteiger partial charge in [0.05, 0.1) is 13.2 Å². The van der Waals surface area contributed by atoms with Gasteiger partial charge in [0.25, 0.3) is 0 Å². The smallest absolute Gasteiger partial charge is 0.166 e. The normalized spacial score (nSPS) is 22.3. The van der Waals surface area contributed by atoms with Gasteiger partial charge in [0, 0.05) is 22.5 Å². The Morgan fingerprint density at radius 1 is 1.21 bits per heavy atom. The molecule has 0 amide bonds. The van der Waals surface area contributed by atoms with Crippen LogP contribution >= 0.6 is 15.9 Å². The number of fused-ring (bicyclic) bond motifs is 3. The standard InChI is InChI=1S/C15H20BrNO2/c1-17-12-6-3-2-5-10-11(16)9-13-15(14(10)12)19-8-4-7-18-13/h9,12,17H,2-8H2,1H3. The minimum Gasteiger partial charge on any atom is -0.490 e. The summed E-state index contributed by atoms with van der Waals surface area (Å²) in [6.45, 7) is 1.49. The minimum absolute atomic E-state index is 0.366. The third-order valence-electron chi connectivity index (χ3n) is 4.00. The Bertz CT molecular complexity index is 476. The number of hydrogen-bond acceptors (Lipinski definition) is 3. The second-order valence-electron chi connectivity index (χ2n) is 5.22. The molecule has 4 heteroatoms. The molecule has 0 bridgehead atoms. The van der Waals surface area contributed by atoms with Crippen LogP contribution in [-0.4, -0.2) is 20.3 Å². The Hall–Kier alpha value is -0.740. The summed E-state index contributed by atoms with van der Waals surface area (Å²) in [5.41, 5.74) is 2.70. The molecule has 3 rings (SSSR count). The zero-order chi connectivity index (χ0) is 13.2. The molecule has 1 aliphatic heterocycles. The Labute approximate surface area is 122 Å². The van der Waals surface area contributed by atoms with Gasteiger partial charge in [-0.15, -0.1) is 0 Å². The van der Waals surface area contributed by atoms with Crippen LogP contribution in [0.1, 0.15) is 42.9 Å². The second-order valence-corrected chi connectivity index (χ2v) is 6.07. The second kappa shape index (κ2) is 5.71. The van der Waals surface area contributed by atoms with Crippen molar-refractivity contribution >= 4 is 15.9 Å². The summed E-state index contributed by atoms with van der Waals surface area (Å²) >= 11 is 3.71. The molecule has 0 aromatic heterocycles. The monoisotopic (exact) mass is 325 g/mol. The Morgan fingerprint density at radius 2 is 2.05 bits per heavy atom. The number of benzene rings is 1. The number of halogens is 1. The fraction of sp³-hybridized carbons (Fsp3) is 0.600. The van der Waals surface area contributed by atoms with Crippen molar-refractivity contribution in [3.63, 3.8) is 0 Å². The van der Waals surface area contributed by atoms with Gasteiger partial charge in [0.15, 0.2) is 11.5 Å². The lowest BCUT2D eigenvalue weighted by Gasteiger charge is -2.22. The van der Waals surface area contributed by atoms with E-state index in [0.717, 1.165) is 48.4 Å². The van der Waals surface area contributed by atoms with Crippen molar-refractivity contribution in [3.8, 4) is 11.5 Å². The van der Waals surface area contributed by atoms with E-state index in [4.69, 9.17) is 9.47 Å². The first kappa shape index (κ1) is 13.3. The lowest BCUT2D eigenvalue weighted by molar-refractivity contribution is 0.295. The van der Waals surface area contributed by atoms with Crippen molar-refractivity contribution in [2.24, 2.45) is 0 Å². The van der Waals surface area contributed by atoms with E-state index >= 15 is 0 Å². The number of hydrogen-bond donors (Lipinski definition) is 1. The number of nitrogens with one attached hydrogen (secondary N) is 1. The Morgan fingerprint density at radius 3 is 2.89 bits per heavy atom. The van der Waals surface area contributed by atoms with E-state index in [-0.39, 0.29) is 0 Å². The molecule has 1 aromatic rings. The molecule has 1 atom stereocenters. The van der Waals surface area contributed by atoms with Gasteiger partial charge in [0.2, 0.25) is 0 Å². The fourth-order valence-corrected chi connectivity index (χ4v) is 3.66. The van der Waals surface area contributed by atoms with Crippen LogP contribution < -0.4 is 14.8 Å². The molecule has 0 saturated carbocycles. The van der Waals surface area contributed by atoms with Gasteiger partial charge < -0.3 is 14.8 Å². The average Bonchev–Trinajstić information content (AvgIpc) is 2.76. The summed E-state index contributed by atoms with van der Waals surface area (Å²) in [4.78, 5) is 0. The predicted molar refractivity (Wildman–Crippen MR) is 79.1 cm³/mol. The molecule has 1 aromatic carbocycles. The van der Waals surface area contributed by atoms with Crippen molar-refractivity contribution in [1.29, 1.82) is 0 Å². The SMILES string of the molecule is CNC1CCCCc2c(Br)cc3c(c21)OCCCO3. The number of rotatable bonds is 1. The molecule has 0 fully saturated rings. The topological polar surface area (TPSA) is 30.5 Å². The molecule has 0 radical (unpaired) electrons. The highest BCUT2D eigenvalue weighted by Crippen LogP contribution is 2.45. The van der Waals surface area contributed by atoms with E-state index in [9.17, 15) is 0 Å². The van der Waals surface area contributed by atoms with Crippen molar-refractivity contribution in [2.45, 2.75) is 38.1 Å². The summed E-state index contributed by atoms with van der Waals surface area (Å²) in [5.74, 6) is 1.86. The quantitative estimate of drug-likeness (QED) is 0.800. The van der Waals surface area contributed by atoms with Gasteiger partial charge in [-0.2, -0.15) is 0 Å². The van der Waals surface area contributed by atoms with Crippen LogP contribution in [0.2, 0.25) is 0 Å². The third-order valence-corrected chi connectivity index (χ3v) is 4.71. The van der Waals surface area contributed by atoms with Gasteiger partial charge in [-0.05, 0) is 37.9 Å². The molecule has 1 heterocycles. The minimum atomic E-state index is 0.366. The van der Waals surface area contributed by atoms with Gasteiger partial charge in [-0.1, -0.05) is 22.4 Å². The van der Waals surface area contributed by atoms with E-state index in [2.05, 4.69) is 27.3 Å². The van der Waals surface area contributed by atoms with Crippen LogP contribution in [0, 0.1) is 0 Å². The molecule has 104 valence electrons. The van der Waals surface area contributed by atoms with Crippen molar-refractivity contribution in [2.75, 3.05) is 20.3 Å². The van der Waals surface area contributed by atoms with Gasteiger partial charge in [0.1, 0.15) is 0 Å². The summed E-state index contributed by atoms with van der Waals surface area (Å²) < 4.78 is 13.0. The van der Waals surface area contributed by atoms with E-state index in [0.29, 0.717) is 6.04 Å². The molecule has 1 aliphatic carbocycles. The average molecular weight is 326 g/mol. The summed E-state index contributed by atoms with van der Waals surface area (Å²) in [5, 5.41) is 3.44. The lowest BCUT2D eigenvalue weighted by Crippen LogP contribution is -2.18. The van der Waals surface area contributed by atoms with Crippen molar-refractivity contribution in [3.05, 3.63) is 21.7 Å². The first-order valence-corrected chi connectivity index (χ1v) is 7.88. The zero-order valence-electron chi connectivity index (χ0n) is 11.3. The molecule has 0 saturated heterocycles. The van der Waals surface area contributed by atoms with Crippen LogP contribution in [0.25, 0.3) is 0 Å². The molecule has 3 nitrogen and oxygen atoms in total. The maximum absolute atomic E-state index is 6.00. The molecule has 1 unspecified atom stereocenters. The molecule has 2 aliphatic rings. The van der Waals surface area contributed by atoms with E-state index < -0.39 is 0 Å². The highest BCUT2D eigenvalue weighted by Gasteiger charge is 2.27. The summed E-state index contributed by atoms with van der Waals surface area (Å²) in [6.07, 6.45) is 5.72. The molecule has 19 heavy (non-hydrogen) atoms. The van der Waals surface area contributed by atoms with Gasteiger partial charge >= 0.3 is 0 Å². The van der Waals surface area contributed by atoms with Crippen LogP contribution in [-0.2, 0) is 6.42 Å². The van der Waals surface area contributed by atoms with Crippen LogP contribution in [0.5, 0.6) is 11.5 Å². The highest BCUT2D eigenvalue weighted by molar-refractivity contribution is 9.10. The third kappa shape index (κ3) is 2.48. The molecule has 0 spiro atoms. The number of ether oxygens (including phenoxy) is 2. The van der Waals surface area contributed by atoms with E-state index in [1.807, 2.05) is 7.05 Å². The Kier molecular flexibility index (Phi) is 3.99. The van der Waals surface area contributed by atoms with Gasteiger partial charge in [-0.25, -0.2) is 0 Å². The predicted octanol–water partition coefficient (Wildman–Crippen LogP) is 3.60. The molecular formula is C15H20BrNO2. The fourth-order valence-electron chi connectivity index (χ4n) is 3.04. The van der Waals surface area contributed by atoms with E-state index in [1.54, 1.807) is 0 Å². The summed E-state index contributed by atoms with van der Waals surface area (Å²) in [7, 11) is 2.03. The first-order valence-electron chi connectivity index (χ1n) is 7.09. The van der Waals surface area contributed by atoms with Crippen molar-refractivity contribution < 1.29 is 9.47 Å². The van der Waals surface area contributed by atoms with Crippen molar-refractivity contribution in [1.82, 2.24) is 5.32 Å². The maximum atomic E-state index is 6.00. The van der Waals surface area contributed by atoms with Crippen LogP contribution in [0.4, 0.5) is 0 Å². The Balaban J connectivity index is 2.17. The van der Waals surface area contributed by atoms with Crippen LogP contribution in [0.3, 0.4) is 0 Å². The maximum Gasteiger partial charge on any atom is 0.166 e. The zero-order valence-corrected chi connectivity index (χ0v) is 12.9. The molecule has 1 N–H and O–H groups in total. The largest absolute Gasteiger partial charge is 0.490 e. The lowest BCUT2D eigenvalue weighted by atomic mass is 9.97. The highest BCUT2D eigenvalue weighted by atomic mass is 79.9. The molecular weight excluding hydrogens is 306 g/mol. The van der Waals surface area contributed by atoms with Crippen LogP contribution in [0.15, 0.2) is 10.5 Å².